The fourth-order valence-electron chi connectivity index (χ4n) is 2.96. The minimum Gasteiger partial charge on any atom is -0.349 e. The van der Waals surface area contributed by atoms with Crippen LogP contribution in [0.2, 0.25) is 0 Å². The van der Waals surface area contributed by atoms with Crippen LogP contribution in [0.1, 0.15) is 39.8 Å². The molecular weight excluding hydrogens is 308 g/mol. The van der Waals surface area contributed by atoms with Crippen LogP contribution in [0.3, 0.4) is 0 Å². The predicted octanol–water partition coefficient (Wildman–Crippen LogP) is 3.35. The van der Waals surface area contributed by atoms with E-state index in [9.17, 15) is 4.79 Å². The van der Waals surface area contributed by atoms with E-state index in [1.54, 1.807) is 20.9 Å². The van der Waals surface area contributed by atoms with E-state index in [1.807, 2.05) is 33.3 Å². The molecule has 1 saturated carbocycles. The standard InChI is InChI=1S/C17H20N4OS/c1-11-13(8-20(3)18-11)7-19(2)17(22)15-6-12-9-21(14-4-5-14)10-16(12)23-15/h6,8-10,14H,4-5,7H2,1-3H3. The third kappa shape index (κ3) is 2.67. The van der Waals surface area contributed by atoms with Gasteiger partial charge in [-0.1, -0.05) is 0 Å². The molecule has 3 aromatic heterocycles. The van der Waals surface area contributed by atoms with Crippen LogP contribution in [0.25, 0.3) is 10.1 Å². The molecule has 0 aromatic carbocycles. The number of hydrogen-bond acceptors (Lipinski definition) is 3. The summed E-state index contributed by atoms with van der Waals surface area (Å²) in [6.07, 6.45) is 8.88. The van der Waals surface area contributed by atoms with Crippen molar-refractivity contribution >= 4 is 27.3 Å². The van der Waals surface area contributed by atoms with Crippen molar-refractivity contribution in [3.8, 4) is 0 Å². The fraction of sp³-hybridized carbons (Fsp3) is 0.412. The maximum Gasteiger partial charge on any atom is 0.264 e. The molecule has 23 heavy (non-hydrogen) atoms. The van der Waals surface area contributed by atoms with Gasteiger partial charge in [0.25, 0.3) is 5.91 Å². The van der Waals surface area contributed by atoms with E-state index in [0.717, 1.165) is 16.1 Å². The molecule has 1 amide bonds. The van der Waals surface area contributed by atoms with Crippen LogP contribution in [0.15, 0.2) is 24.7 Å². The number of carbonyl (C=O) groups excluding carboxylic acids is 1. The number of thiophene rings is 1. The number of carbonyl (C=O) groups is 1. The zero-order valence-electron chi connectivity index (χ0n) is 13.6. The second kappa shape index (κ2) is 5.23. The van der Waals surface area contributed by atoms with Gasteiger partial charge in [-0.15, -0.1) is 11.3 Å². The summed E-state index contributed by atoms with van der Waals surface area (Å²) < 4.78 is 5.28. The van der Waals surface area contributed by atoms with Crippen LogP contribution >= 0.6 is 11.3 Å². The highest BCUT2D eigenvalue weighted by Crippen LogP contribution is 2.38. The summed E-state index contributed by atoms with van der Waals surface area (Å²) in [6, 6.07) is 2.71. The van der Waals surface area contributed by atoms with Crippen molar-refractivity contribution in [1.82, 2.24) is 19.2 Å². The van der Waals surface area contributed by atoms with Crippen molar-refractivity contribution in [2.45, 2.75) is 32.4 Å². The molecule has 1 aliphatic carbocycles. The number of aryl methyl sites for hydroxylation is 2. The quantitative estimate of drug-likeness (QED) is 0.737. The first-order valence-corrected chi connectivity index (χ1v) is 8.68. The molecule has 0 unspecified atom stereocenters. The second-order valence-corrected chi connectivity index (χ2v) is 7.53. The van der Waals surface area contributed by atoms with Crippen LogP contribution in [0.4, 0.5) is 0 Å². The first kappa shape index (κ1) is 14.5. The normalized spacial score (nSPS) is 14.6. The van der Waals surface area contributed by atoms with Gasteiger partial charge in [-0.2, -0.15) is 5.10 Å². The van der Waals surface area contributed by atoms with Gasteiger partial charge in [0.2, 0.25) is 0 Å². The first-order chi connectivity index (χ1) is 11.0. The van der Waals surface area contributed by atoms with Gasteiger partial charge < -0.3 is 9.47 Å². The lowest BCUT2D eigenvalue weighted by molar-refractivity contribution is 0.0790. The number of amides is 1. The summed E-state index contributed by atoms with van der Waals surface area (Å²) in [6.45, 7) is 2.56. The maximum atomic E-state index is 12.7. The number of rotatable bonds is 4. The first-order valence-electron chi connectivity index (χ1n) is 7.87. The van der Waals surface area contributed by atoms with Gasteiger partial charge in [0.1, 0.15) is 0 Å². The molecule has 4 rings (SSSR count). The number of fused-ring (bicyclic) bond motifs is 1. The summed E-state index contributed by atoms with van der Waals surface area (Å²) >= 11 is 1.59. The molecule has 6 heteroatoms. The third-order valence-electron chi connectivity index (χ3n) is 4.39. The SMILES string of the molecule is Cc1nn(C)cc1CN(C)C(=O)c1cc2cn(C3CC3)cc2s1. The molecule has 5 nitrogen and oxygen atoms in total. The molecule has 0 N–H and O–H groups in total. The molecule has 3 aromatic rings. The van der Waals surface area contributed by atoms with Gasteiger partial charge in [0.05, 0.1) is 15.3 Å². The Morgan fingerprint density at radius 2 is 2.17 bits per heavy atom. The third-order valence-corrected chi connectivity index (χ3v) is 5.47. The number of hydrogen-bond donors (Lipinski definition) is 0. The molecule has 0 aliphatic heterocycles. The van der Waals surface area contributed by atoms with Crippen LogP contribution in [-0.2, 0) is 13.6 Å². The molecular formula is C17H20N4OS. The molecule has 0 bridgehead atoms. The lowest BCUT2D eigenvalue weighted by Crippen LogP contribution is -2.25. The summed E-state index contributed by atoms with van der Waals surface area (Å²) in [7, 11) is 3.75. The second-order valence-electron chi connectivity index (χ2n) is 6.44. The Bertz CT molecular complexity index is 852. The van der Waals surface area contributed by atoms with Crippen molar-refractivity contribution in [2.75, 3.05) is 7.05 Å². The van der Waals surface area contributed by atoms with Gasteiger partial charge in [-0.25, -0.2) is 0 Å². The highest BCUT2D eigenvalue weighted by Gasteiger charge is 2.24. The Hall–Kier alpha value is -2.08. The largest absolute Gasteiger partial charge is 0.349 e. The zero-order valence-corrected chi connectivity index (χ0v) is 14.4. The Morgan fingerprint density at radius 3 is 2.78 bits per heavy atom. The van der Waals surface area contributed by atoms with Crippen molar-refractivity contribution in [2.24, 2.45) is 7.05 Å². The van der Waals surface area contributed by atoms with E-state index in [0.29, 0.717) is 12.6 Å². The Balaban J connectivity index is 1.53. The van der Waals surface area contributed by atoms with E-state index in [2.05, 4.69) is 22.1 Å². The van der Waals surface area contributed by atoms with Crippen LogP contribution < -0.4 is 0 Å². The molecule has 0 saturated heterocycles. The topological polar surface area (TPSA) is 43.1 Å². The lowest BCUT2D eigenvalue weighted by atomic mass is 10.2. The van der Waals surface area contributed by atoms with Crippen LogP contribution in [0, 0.1) is 6.92 Å². The van der Waals surface area contributed by atoms with Gasteiger partial charge in [0, 0.05) is 56.2 Å². The van der Waals surface area contributed by atoms with Crippen LogP contribution in [0.5, 0.6) is 0 Å². The summed E-state index contributed by atoms with van der Waals surface area (Å²) in [5.41, 5.74) is 2.06. The Kier molecular flexibility index (Phi) is 3.30. The van der Waals surface area contributed by atoms with Gasteiger partial charge in [0.15, 0.2) is 0 Å². The average molecular weight is 328 g/mol. The van der Waals surface area contributed by atoms with Gasteiger partial charge in [-0.3, -0.25) is 9.48 Å². The molecule has 0 spiro atoms. The molecule has 0 radical (unpaired) electrons. The van der Waals surface area contributed by atoms with E-state index < -0.39 is 0 Å². The van der Waals surface area contributed by atoms with E-state index in [4.69, 9.17) is 0 Å². The minimum absolute atomic E-state index is 0.0763. The predicted molar refractivity (Wildman–Crippen MR) is 91.8 cm³/mol. The molecule has 120 valence electrons. The highest BCUT2D eigenvalue weighted by atomic mass is 32.1. The van der Waals surface area contributed by atoms with Crippen molar-refractivity contribution in [1.29, 1.82) is 0 Å². The van der Waals surface area contributed by atoms with E-state index in [-0.39, 0.29) is 5.91 Å². The zero-order chi connectivity index (χ0) is 16.1. The Morgan fingerprint density at radius 1 is 1.39 bits per heavy atom. The Labute approximate surface area is 139 Å². The average Bonchev–Trinajstić information content (AvgIpc) is 3.04. The molecule has 1 aliphatic rings. The number of aromatic nitrogens is 3. The van der Waals surface area contributed by atoms with Gasteiger partial charge >= 0.3 is 0 Å². The summed E-state index contributed by atoms with van der Waals surface area (Å²) in [5, 5.41) is 5.51. The molecule has 3 heterocycles. The van der Waals surface area contributed by atoms with Crippen molar-refractivity contribution < 1.29 is 4.79 Å². The molecule has 0 atom stereocenters. The summed E-state index contributed by atoms with van der Waals surface area (Å²) in [4.78, 5) is 15.2. The fourth-order valence-corrected chi connectivity index (χ4v) is 4.03. The van der Waals surface area contributed by atoms with Crippen molar-refractivity contribution in [3.63, 3.8) is 0 Å². The van der Waals surface area contributed by atoms with E-state index >= 15 is 0 Å². The molecule has 1 fully saturated rings. The highest BCUT2D eigenvalue weighted by molar-refractivity contribution is 7.20. The maximum absolute atomic E-state index is 12.7. The van der Waals surface area contributed by atoms with Crippen LogP contribution in [-0.4, -0.2) is 32.2 Å². The number of nitrogens with zero attached hydrogens (tertiary/aromatic N) is 4. The monoisotopic (exact) mass is 328 g/mol. The minimum atomic E-state index is 0.0763. The van der Waals surface area contributed by atoms with Gasteiger partial charge in [-0.05, 0) is 25.8 Å². The lowest BCUT2D eigenvalue weighted by Gasteiger charge is -2.15. The van der Waals surface area contributed by atoms with Crippen molar-refractivity contribution in [3.05, 3.63) is 40.8 Å². The van der Waals surface area contributed by atoms with E-state index in [1.165, 1.54) is 22.9 Å². The smallest absolute Gasteiger partial charge is 0.264 e. The summed E-state index contributed by atoms with van der Waals surface area (Å²) in [5.74, 6) is 0.0763.